The zero-order valence-corrected chi connectivity index (χ0v) is 12.8. The van der Waals surface area contributed by atoms with Crippen molar-refractivity contribution < 1.29 is 15.0 Å². The summed E-state index contributed by atoms with van der Waals surface area (Å²) in [5.74, 6) is -0.833. The van der Waals surface area contributed by atoms with Gasteiger partial charge in [-0.05, 0) is 24.0 Å². The summed E-state index contributed by atoms with van der Waals surface area (Å²) in [4.78, 5) is 9.00. The predicted octanol–water partition coefficient (Wildman–Crippen LogP) is 2.25. The molecule has 0 atom stereocenters. The molecule has 0 saturated carbocycles. The molecule has 0 bridgehead atoms. The molecule has 0 aliphatic heterocycles. The van der Waals surface area contributed by atoms with Crippen LogP contribution in [-0.2, 0) is 17.6 Å². The molecular weight excluding hydrogens is 278 g/mol. The van der Waals surface area contributed by atoms with Gasteiger partial charge in [0.2, 0.25) is 0 Å². The molecule has 0 aliphatic rings. The normalized spacial score (nSPS) is 10.5. The summed E-state index contributed by atoms with van der Waals surface area (Å²) in [5.41, 5.74) is 8.03. The fraction of sp³-hybridized carbons (Fsp3) is 0.278. The minimum Gasteiger partial charge on any atom is -0.481 e. The summed E-state index contributed by atoms with van der Waals surface area (Å²) < 4.78 is 0. The van der Waals surface area contributed by atoms with Crippen LogP contribution in [0, 0.1) is 0 Å². The number of nitrogens with two attached hydrogens (primary N) is 1. The smallest absolute Gasteiger partial charge is 0.300 e. The number of carbonyl (C=O) groups is 1. The van der Waals surface area contributed by atoms with E-state index in [2.05, 4.69) is 0 Å². The van der Waals surface area contributed by atoms with Crippen molar-refractivity contribution in [2.45, 2.75) is 25.3 Å². The number of carboxylic acid groups (broad SMARTS) is 1. The first-order chi connectivity index (χ1) is 10.4. The van der Waals surface area contributed by atoms with E-state index in [4.69, 9.17) is 15.6 Å². The number of hydrogen-bond donors (Lipinski definition) is 3. The van der Waals surface area contributed by atoms with Crippen LogP contribution in [0.4, 0.5) is 0 Å². The Hall–Kier alpha value is -2.17. The third-order valence-corrected chi connectivity index (χ3v) is 3.11. The summed E-state index contributed by atoms with van der Waals surface area (Å²) >= 11 is 0. The minimum atomic E-state index is -0.833. The highest BCUT2D eigenvalue weighted by molar-refractivity contribution is 5.62. The highest BCUT2D eigenvalue weighted by atomic mass is 16.4. The van der Waals surface area contributed by atoms with Crippen molar-refractivity contribution in [3.05, 3.63) is 71.8 Å². The molecule has 0 heterocycles. The number of benzene rings is 2. The molecule has 0 aromatic heterocycles. The molecule has 0 fully saturated rings. The molecule has 22 heavy (non-hydrogen) atoms. The van der Waals surface area contributed by atoms with Gasteiger partial charge in [0.05, 0.1) is 6.61 Å². The molecule has 2 aromatic carbocycles. The fourth-order valence-electron chi connectivity index (χ4n) is 2.18. The van der Waals surface area contributed by atoms with Gasteiger partial charge >= 0.3 is 0 Å². The number of rotatable bonds is 5. The van der Waals surface area contributed by atoms with E-state index in [9.17, 15) is 5.11 Å². The van der Waals surface area contributed by atoms with E-state index in [0.29, 0.717) is 12.8 Å². The Kier molecular flexibility index (Phi) is 7.29. The lowest BCUT2D eigenvalue weighted by Gasteiger charge is -2.27. The molecule has 0 saturated heterocycles. The average Bonchev–Trinajstić information content (AvgIpc) is 2.48. The Balaban J connectivity index is 0.000000541. The quantitative estimate of drug-likeness (QED) is 0.791. The number of hydrogen-bond acceptors (Lipinski definition) is 3. The van der Waals surface area contributed by atoms with Crippen molar-refractivity contribution in [2.24, 2.45) is 5.73 Å². The Morgan fingerprint density at radius 2 is 1.27 bits per heavy atom. The van der Waals surface area contributed by atoms with Crippen molar-refractivity contribution in [3.63, 3.8) is 0 Å². The zero-order chi connectivity index (χ0) is 16.4. The molecule has 2 aromatic rings. The van der Waals surface area contributed by atoms with Crippen LogP contribution in [-0.4, -0.2) is 28.3 Å². The number of aliphatic carboxylic acids is 1. The Morgan fingerprint density at radius 3 is 1.55 bits per heavy atom. The predicted molar refractivity (Wildman–Crippen MR) is 87.6 cm³/mol. The van der Waals surface area contributed by atoms with Gasteiger partial charge in [-0.15, -0.1) is 0 Å². The minimum absolute atomic E-state index is 0.0171. The molecule has 4 nitrogen and oxygen atoms in total. The third-order valence-electron chi connectivity index (χ3n) is 3.11. The van der Waals surface area contributed by atoms with Gasteiger partial charge < -0.3 is 15.9 Å². The van der Waals surface area contributed by atoms with Crippen molar-refractivity contribution in [2.75, 3.05) is 6.61 Å². The highest BCUT2D eigenvalue weighted by Crippen LogP contribution is 2.16. The largest absolute Gasteiger partial charge is 0.481 e. The van der Waals surface area contributed by atoms with Gasteiger partial charge in [0.15, 0.2) is 0 Å². The summed E-state index contributed by atoms with van der Waals surface area (Å²) in [6, 6.07) is 20.1. The fourth-order valence-corrected chi connectivity index (χ4v) is 2.18. The Bertz CT molecular complexity index is 510. The first-order valence-electron chi connectivity index (χ1n) is 7.12. The molecule has 2 rings (SSSR count). The second-order valence-corrected chi connectivity index (χ2v) is 5.36. The van der Waals surface area contributed by atoms with E-state index < -0.39 is 11.5 Å². The van der Waals surface area contributed by atoms with Gasteiger partial charge in [0, 0.05) is 12.5 Å². The monoisotopic (exact) mass is 301 g/mol. The van der Waals surface area contributed by atoms with Gasteiger partial charge in [0.1, 0.15) is 0 Å². The van der Waals surface area contributed by atoms with Crippen molar-refractivity contribution in [1.82, 2.24) is 0 Å². The van der Waals surface area contributed by atoms with Crippen LogP contribution in [0.15, 0.2) is 60.7 Å². The van der Waals surface area contributed by atoms with Gasteiger partial charge in [-0.25, -0.2) is 0 Å². The maximum atomic E-state index is 9.58. The first kappa shape index (κ1) is 17.9. The molecule has 0 unspecified atom stereocenters. The third kappa shape index (κ3) is 7.02. The van der Waals surface area contributed by atoms with E-state index in [1.165, 1.54) is 0 Å². The van der Waals surface area contributed by atoms with Crippen LogP contribution in [0.5, 0.6) is 0 Å². The maximum Gasteiger partial charge on any atom is 0.300 e. The maximum absolute atomic E-state index is 9.58. The van der Waals surface area contributed by atoms with Crippen LogP contribution in [0.2, 0.25) is 0 Å². The van der Waals surface area contributed by atoms with Crippen molar-refractivity contribution >= 4 is 5.97 Å². The van der Waals surface area contributed by atoms with Crippen LogP contribution < -0.4 is 5.73 Å². The van der Waals surface area contributed by atoms with Crippen LogP contribution >= 0.6 is 0 Å². The first-order valence-corrected chi connectivity index (χ1v) is 7.12. The molecule has 4 heteroatoms. The van der Waals surface area contributed by atoms with E-state index >= 15 is 0 Å². The van der Waals surface area contributed by atoms with Crippen LogP contribution in [0.1, 0.15) is 18.1 Å². The lowest BCUT2D eigenvalue weighted by atomic mass is 9.86. The number of aliphatic hydroxyl groups excluding tert-OH is 1. The van der Waals surface area contributed by atoms with Gasteiger partial charge in [-0.3, -0.25) is 4.79 Å². The van der Waals surface area contributed by atoms with Gasteiger partial charge in [-0.2, -0.15) is 0 Å². The lowest BCUT2D eigenvalue weighted by Crippen LogP contribution is -2.47. The molecule has 0 aliphatic carbocycles. The van der Waals surface area contributed by atoms with Crippen LogP contribution in [0.3, 0.4) is 0 Å². The van der Waals surface area contributed by atoms with Crippen LogP contribution in [0.25, 0.3) is 0 Å². The van der Waals surface area contributed by atoms with Gasteiger partial charge in [-0.1, -0.05) is 60.7 Å². The van der Waals surface area contributed by atoms with E-state index in [-0.39, 0.29) is 6.61 Å². The summed E-state index contributed by atoms with van der Waals surface area (Å²) in [5, 5.41) is 17.0. The lowest BCUT2D eigenvalue weighted by molar-refractivity contribution is -0.134. The van der Waals surface area contributed by atoms with E-state index in [1.807, 2.05) is 60.7 Å². The molecule has 4 N–H and O–H groups in total. The van der Waals surface area contributed by atoms with Crippen molar-refractivity contribution in [1.29, 1.82) is 0 Å². The summed E-state index contributed by atoms with van der Waals surface area (Å²) in [6.07, 6.45) is 1.36. The average molecular weight is 301 g/mol. The number of aliphatic hydroxyl groups is 1. The Morgan fingerprint density at radius 1 is 0.955 bits per heavy atom. The van der Waals surface area contributed by atoms with Gasteiger partial charge in [0.25, 0.3) is 5.97 Å². The molecule has 0 radical (unpaired) electrons. The SMILES string of the molecule is CC(=O)O.NC(CO)(Cc1ccccc1)Cc1ccccc1. The molecule has 0 spiro atoms. The number of carboxylic acids is 1. The van der Waals surface area contributed by atoms with Crippen molar-refractivity contribution in [3.8, 4) is 0 Å². The standard InChI is InChI=1S/C16H19NO.C2H4O2/c17-16(13-18,11-14-7-3-1-4-8-14)12-15-9-5-2-6-10-15;1-2(3)4/h1-10,18H,11-13,17H2;1H3,(H,3,4). The molecule has 0 amide bonds. The second kappa shape index (κ2) is 8.97. The zero-order valence-electron chi connectivity index (χ0n) is 12.8. The van der Waals surface area contributed by atoms with E-state index in [0.717, 1.165) is 18.1 Å². The molecular formula is C18H23NO3. The highest BCUT2D eigenvalue weighted by Gasteiger charge is 2.24. The van der Waals surface area contributed by atoms with E-state index in [1.54, 1.807) is 0 Å². The molecule has 118 valence electrons. The Labute approximate surface area is 131 Å². The summed E-state index contributed by atoms with van der Waals surface area (Å²) in [6.45, 7) is 1.07. The summed E-state index contributed by atoms with van der Waals surface area (Å²) in [7, 11) is 0. The second-order valence-electron chi connectivity index (χ2n) is 5.36. The topological polar surface area (TPSA) is 83.5 Å².